The van der Waals surface area contributed by atoms with Gasteiger partial charge in [-0.15, -0.1) is 0 Å². The van der Waals surface area contributed by atoms with Crippen molar-refractivity contribution in [1.82, 2.24) is 5.32 Å². The van der Waals surface area contributed by atoms with Crippen LogP contribution in [0.3, 0.4) is 0 Å². The lowest BCUT2D eigenvalue weighted by atomic mass is 9.64. The van der Waals surface area contributed by atoms with Crippen molar-refractivity contribution in [2.45, 2.75) is 58.9 Å². The normalized spacial score (nSPS) is 48.6. The number of hydrogen-bond donors (Lipinski definition) is 1. The van der Waals surface area contributed by atoms with Crippen molar-refractivity contribution in [3.05, 3.63) is 0 Å². The summed E-state index contributed by atoms with van der Waals surface area (Å²) in [6.45, 7) is 8.47. The van der Waals surface area contributed by atoms with E-state index in [-0.39, 0.29) is 0 Å². The first-order valence-electron chi connectivity index (χ1n) is 6.39. The number of hydrogen-bond acceptors (Lipinski definition) is 1. The van der Waals surface area contributed by atoms with Gasteiger partial charge in [-0.2, -0.15) is 0 Å². The second kappa shape index (κ2) is 3.84. The predicted molar refractivity (Wildman–Crippen MR) is 61.3 cm³/mol. The van der Waals surface area contributed by atoms with Gasteiger partial charge < -0.3 is 5.32 Å². The summed E-state index contributed by atoms with van der Waals surface area (Å²) in [6.07, 6.45) is 7.20. The zero-order valence-electron chi connectivity index (χ0n) is 9.97. The van der Waals surface area contributed by atoms with Crippen molar-refractivity contribution in [1.29, 1.82) is 0 Å². The van der Waals surface area contributed by atoms with E-state index in [1.165, 1.54) is 38.6 Å². The van der Waals surface area contributed by atoms with Crippen LogP contribution in [0, 0.1) is 17.3 Å². The summed E-state index contributed by atoms with van der Waals surface area (Å²) in [4.78, 5) is 0. The van der Waals surface area contributed by atoms with E-state index in [0.717, 1.165) is 17.9 Å². The zero-order valence-corrected chi connectivity index (χ0v) is 9.97. The molecule has 1 N–H and O–H groups in total. The van der Waals surface area contributed by atoms with E-state index >= 15 is 0 Å². The highest BCUT2D eigenvalue weighted by molar-refractivity contribution is 5.01. The molecule has 82 valence electrons. The summed E-state index contributed by atoms with van der Waals surface area (Å²) in [5.74, 6) is 1.96. The van der Waals surface area contributed by atoms with Crippen molar-refractivity contribution in [2.24, 2.45) is 17.3 Å². The molecule has 2 unspecified atom stereocenters. The Balaban J connectivity index is 1.90. The molecule has 0 bridgehead atoms. The Morgan fingerprint density at radius 2 is 1.86 bits per heavy atom. The summed E-state index contributed by atoms with van der Waals surface area (Å²) in [6, 6.07) is 0.833. The first-order chi connectivity index (χ1) is 6.65. The lowest BCUT2D eigenvalue weighted by Gasteiger charge is -2.53. The Kier molecular flexibility index (Phi) is 2.88. The smallest absolute Gasteiger partial charge is 0.0161 e. The minimum atomic E-state index is 0.616. The number of nitrogens with one attached hydrogen (secondary N) is 1. The van der Waals surface area contributed by atoms with Crippen LogP contribution in [0.2, 0.25) is 0 Å². The van der Waals surface area contributed by atoms with Gasteiger partial charge in [0, 0.05) is 12.6 Å². The van der Waals surface area contributed by atoms with E-state index in [0.29, 0.717) is 5.41 Å². The van der Waals surface area contributed by atoms with Gasteiger partial charge in [-0.05, 0) is 36.5 Å². The maximum absolute atomic E-state index is 3.67. The van der Waals surface area contributed by atoms with Gasteiger partial charge in [0.05, 0.1) is 0 Å². The molecule has 1 aliphatic heterocycles. The average molecular weight is 195 g/mol. The number of rotatable bonds is 2. The molecule has 2 fully saturated rings. The van der Waals surface area contributed by atoms with Gasteiger partial charge in [-0.3, -0.25) is 0 Å². The van der Waals surface area contributed by atoms with Crippen LogP contribution < -0.4 is 5.32 Å². The minimum Gasteiger partial charge on any atom is -0.313 e. The van der Waals surface area contributed by atoms with Crippen LogP contribution in [-0.4, -0.2) is 12.6 Å². The van der Waals surface area contributed by atoms with E-state index in [2.05, 4.69) is 26.1 Å². The molecular weight excluding hydrogens is 170 g/mol. The molecule has 0 aromatic carbocycles. The molecule has 0 radical (unpaired) electrons. The Bertz CT molecular complexity index is 189. The standard InChI is InChI=1S/C13H25N/c1-4-13(3)9-14-12(13)11-7-5-10(2)6-8-11/h10-12,14H,4-9H2,1-3H3. The predicted octanol–water partition coefficient (Wildman–Crippen LogP) is 3.20. The van der Waals surface area contributed by atoms with Crippen molar-refractivity contribution >= 4 is 0 Å². The van der Waals surface area contributed by atoms with Crippen LogP contribution in [0.4, 0.5) is 0 Å². The van der Waals surface area contributed by atoms with Crippen LogP contribution in [0.25, 0.3) is 0 Å². The van der Waals surface area contributed by atoms with Crippen molar-refractivity contribution in [3.63, 3.8) is 0 Å². The van der Waals surface area contributed by atoms with Crippen molar-refractivity contribution in [3.8, 4) is 0 Å². The third kappa shape index (κ3) is 1.71. The lowest BCUT2D eigenvalue weighted by Crippen LogP contribution is -2.64. The minimum absolute atomic E-state index is 0.616. The Hall–Kier alpha value is -0.0400. The van der Waals surface area contributed by atoms with Gasteiger partial charge in [-0.25, -0.2) is 0 Å². The fourth-order valence-electron chi connectivity index (χ4n) is 3.27. The van der Waals surface area contributed by atoms with E-state index < -0.39 is 0 Å². The summed E-state index contributed by atoms with van der Waals surface area (Å²) in [7, 11) is 0. The quantitative estimate of drug-likeness (QED) is 0.713. The van der Waals surface area contributed by atoms with Gasteiger partial charge in [0.15, 0.2) is 0 Å². The highest BCUT2D eigenvalue weighted by atomic mass is 15.0. The monoisotopic (exact) mass is 195 g/mol. The van der Waals surface area contributed by atoms with Crippen LogP contribution in [0.15, 0.2) is 0 Å². The van der Waals surface area contributed by atoms with Crippen LogP contribution in [0.5, 0.6) is 0 Å². The molecule has 1 heteroatoms. The SMILES string of the molecule is CCC1(C)CNC1C1CCC(C)CC1. The second-order valence-electron chi connectivity index (χ2n) is 5.89. The third-order valence-electron chi connectivity index (χ3n) is 4.82. The summed E-state index contributed by atoms with van der Waals surface area (Å²) in [5, 5.41) is 3.67. The molecule has 1 aliphatic carbocycles. The molecule has 1 saturated carbocycles. The second-order valence-corrected chi connectivity index (χ2v) is 5.89. The van der Waals surface area contributed by atoms with Crippen LogP contribution >= 0.6 is 0 Å². The molecule has 0 aromatic heterocycles. The Morgan fingerprint density at radius 3 is 2.29 bits per heavy atom. The van der Waals surface area contributed by atoms with Crippen LogP contribution in [-0.2, 0) is 0 Å². The Labute approximate surface area is 88.7 Å². The topological polar surface area (TPSA) is 12.0 Å². The van der Waals surface area contributed by atoms with E-state index in [4.69, 9.17) is 0 Å². The molecule has 14 heavy (non-hydrogen) atoms. The van der Waals surface area contributed by atoms with E-state index in [9.17, 15) is 0 Å². The highest BCUT2D eigenvalue weighted by Crippen LogP contribution is 2.42. The average Bonchev–Trinajstić information content (AvgIpc) is 2.18. The van der Waals surface area contributed by atoms with E-state index in [1.54, 1.807) is 0 Å². The maximum Gasteiger partial charge on any atom is 0.0161 e. The summed E-state index contributed by atoms with van der Waals surface area (Å²) >= 11 is 0. The van der Waals surface area contributed by atoms with E-state index in [1.807, 2.05) is 0 Å². The largest absolute Gasteiger partial charge is 0.313 e. The van der Waals surface area contributed by atoms with Crippen LogP contribution in [0.1, 0.15) is 52.9 Å². The fourth-order valence-corrected chi connectivity index (χ4v) is 3.27. The molecule has 0 spiro atoms. The molecule has 2 rings (SSSR count). The fraction of sp³-hybridized carbons (Fsp3) is 1.00. The molecule has 1 saturated heterocycles. The van der Waals surface area contributed by atoms with Gasteiger partial charge in [0.2, 0.25) is 0 Å². The van der Waals surface area contributed by atoms with Crippen molar-refractivity contribution < 1.29 is 0 Å². The van der Waals surface area contributed by atoms with Crippen molar-refractivity contribution in [2.75, 3.05) is 6.54 Å². The lowest BCUT2D eigenvalue weighted by molar-refractivity contribution is 0.0321. The van der Waals surface area contributed by atoms with Gasteiger partial charge >= 0.3 is 0 Å². The third-order valence-corrected chi connectivity index (χ3v) is 4.82. The molecule has 2 aliphatic rings. The first-order valence-corrected chi connectivity index (χ1v) is 6.39. The van der Waals surface area contributed by atoms with Gasteiger partial charge in [0.1, 0.15) is 0 Å². The molecule has 1 nitrogen and oxygen atoms in total. The maximum atomic E-state index is 3.67. The van der Waals surface area contributed by atoms with Gasteiger partial charge in [-0.1, -0.05) is 33.6 Å². The van der Waals surface area contributed by atoms with Gasteiger partial charge in [0.25, 0.3) is 0 Å². The summed E-state index contributed by atoms with van der Waals surface area (Å²) in [5.41, 5.74) is 0.616. The molecular formula is C13H25N. The first kappa shape index (κ1) is 10.5. The Morgan fingerprint density at radius 1 is 1.21 bits per heavy atom. The highest BCUT2D eigenvalue weighted by Gasteiger charge is 2.45. The molecule has 0 aromatic rings. The molecule has 0 amide bonds. The summed E-state index contributed by atoms with van der Waals surface area (Å²) < 4.78 is 0. The molecule has 2 atom stereocenters. The zero-order chi connectivity index (χ0) is 10.2. The molecule has 1 heterocycles.